The van der Waals surface area contributed by atoms with Gasteiger partial charge in [-0.05, 0) is 6.42 Å². The Morgan fingerprint density at radius 3 is 1.59 bits per heavy atom. The molecule has 0 aromatic carbocycles. The quantitative estimate of drug-likeness (QED) is 0.131. The molecule has 2 N–H and O–H groups in total. The van der Waals surface area contributed by atoms with Gasteiger partial charge in [-0.1, -0.05) is 96.8 Å². The third kappa shape index (κ3) is 22.1. The van der Waals surface area contributed by atoms with Gasteiger partial charge in [0, 0.05) is 13.5 Å². The Morgan fingerprint density at radius 1 is 0.793 bits per heavy atom. The van der Waals surface area contributed by atoms with Crippen molar-refractivity contribution >= 4 is 13.6 Å². The lowest BCUT2D eigenvalue weighted by Crippen LogP contribution is -2.24. The van der Waals surface area contributed by atoms with E-state index in [2.05, 4.69) is 6.92 Å². The van der Waals surface area contributed by atoms with Crippen LogP contribution in [0, 0.1) is 0 Å². The summed E-state index contributed by atoms with van der Waals surface area (Å²) >= 11 is 0. The number of carbonyl (C=O) groups is 1. The van der Waals surface area contributed by atoms with Crippen LogP contribution in [-0.4, -0.2) is 41.7 Å². The molecule has 0 spiro atoms. The number of esters is 1. The Morgan fingerprint density at radius 2 is 1.21 bits per heavy atom. The zero-order chi connectivity index (χ0) is 21.8. The highest BCUT2D eigenvalue weighted by Crippen LogP contribution is 2.35. The summed E-state index contributed by atoms with van der Waals surface area (Å²) in [5.74, 6) is -0.326. The van der Waals surface area contributed by atoms with Crippen LogP contribution >= 0.6 is 7.60 Å². The highest BCUT2D eigenvalue weighted by molar-refractivity contribution is 7.51. The second-order valence-corrected chi connectivity index (χ2v) is 9.78. The first-order valence-corrected chi connectivity index (χ1v) is 13.4. The van der Waals surface area contributed by atoms with Crippen molar-refractivity contribution in [1.29, 1.82) is 0 Å². The number of unbranched alkanes of at least 4 members (excludes halogenated alkanes) is 14. The molecule has 0 fully saturated rings. The normalized spacial score (nSPS) is 12.8. The fourth-order valence-electron chi connectivity index (χ4n) is 3.36. The van der Waals surface area contributed by atoms with E-state index in [9.17, 15) is 9.36 Å². The highest BCUT2D eigenvalue weighted by Gasteiger charge is 2.22. The lowest BCUT2D eigenvalue weighted by Gasteiger charge is -2.16. The summed E-state index contributed by atoms with van der Waals surface area (Å²) in [6.07, 6.45) is 18.3. The zero-order valence-electron chi connectivity index (χ0n) is 18.8. The van der Waals surface area contributed by atoms with Crippen molar-refractivity contribution in [2.45, 2.75) is 116 Å². The smallest absolute Gasteiger partial charge is 0.328 e. The molecule has 29 heavy (non-hydrogen) atoms. The summed E-state index contributed by atoms with van der Waals surface area (Å²) in [6.45, 7) is 2.15. The average molecular weight is 437 g/mol. The Hall–Kier alpha value is -0.420. The molecule has 0 aliphatic heterocycles. The minimum atomic E-state index is -4.17. The van der Waals surface area contributed by atoms with E-state index >= 15 is 0 Å². The van der Waals surface area contributed by atoms with Crippen molar-refractivity contribution in [3.8, 4) is 0 Å². The number of hydrogen-bond donors (Lipinski definition) is 2. The number of carbonyl (C=O) groups excluding carboxylic acids is 1. The van der Waals surface area contributed by atoms with Crippen LogP contribution in [0.4, 0.5) is 0 Å². The minimum absolute atomic E-state index is 0.112. The molecule has 0 radical (unpaired) electrons. The van der Waals surface area contributed by atoms with Crippen molar-refractivity contribution in [2.75, 3.05) is 19.9 Å². The molecule has 7 heteroatoms. The average Bonchev–Trinajstić information content (AvgIpc) is 2.67. The molecule has 0 aliphatic carbocycles. The number of hydrogen-bond acceptors (Lipinski definition) is 4. The fraction of sp³-hybridized carbons (Fsp3) is 0.955. The maximum absolute atomic E-state index is 11.7. The maximum atomic E-state index is 11.7. The van der Waals surface area contributed by atoms with Crippen molar-refractivity contribution in [3.63, 3.8) is 0 Å². The SMILES string of the molecule is CCCCCCCCCCCCCCCCCC(=O)OCC(CP(=O)(O)O)OC. The third-order valence-electron chi connectivity index (χ3n) is 5.19. The molecule has 6 nitrogen and oxygen atoms in total. The minimum Gasteiger partial charge on any atom is -0.463 e. The molecule has 1 atom stereocenters. The first-order chi connectivity index (χ1) is 13.9. The monoisotopic (exact) mass is 436 g/mol. The van der Waals surface area contributed by atoms with E-state index in [1.165, 1.54) is 84.2 Å². The van der Waals surface area contributed by atoms with Crippen LogP contribution in [0.5, 0.6) is 0 Å². The van der Waals surface area contributed by atoms with Crippen LogP contribution in [0.3, 0.4) is 0 Å². The van der Waals surface area contributed by atoms with Crippen LogP contribution in [0.1, 0.15) is 110 Å². The molecular formula is C22H45O6P. The van der Waals surface area contributed by atoms with Gasteiger partial charge in [0.2, 0.25) is 0 Å². The van der Waals surface area contributed by atoms with Gasteiger partial charge in [-0.2, -0.15) is 0 Å². The first kappa shape index (κ1) is 28.6. The molecule has 0 amide bonds. The summed E-state index contributed by atoms with van der Waals surface area (Å²) in [5.41, 5.74) is 0. The molecule has 0 aromatic heterocycles. The van der Waals surface area contributed by atoms with Crippen molar-refractivity contribution in [2.24, 2.45) is 0 Å². The molecule has 0 heterocycles. The van der Waals surface area contributed by atoms with E-state index in [1.807, 2.05) is 0 Å². The van der Waals surface area contributed by atoms with Gasteiger partial charge in [0.1, 0.15) is 12.7 Å². The van der Waals surface area contributed by atoms with E-state index in [0.29, 0.717) is 6.42 Å². The topological polar surface area (TPSA) is 93.1 Å². The van der Waals surface area contributed by atoms with Crippen LogP contribution in [0.15, 0.2) is 0 Å². The summed E-state index contributed by atoms with van der Waals surface area (Å²) in [5, 5.41) is 0. The Kier molecular flexibility index (Phi) is 19.3. The Balaban J connectivity index is 3.37. The van der Waals surface area contributed by atoms with Gasteiger partial charge >= 0.3 is 13.6 Å². The van der Waals surface area contributed by atoms with E-state index < -0.39 is 19.9 Å². The van der Waals surface area contributed by atoms with E-state index in [0.717, 1.165) is 19.3 Å². The number of methoxy groups -OCH3 is 1. The van der Waals surface area contributed by atoms with Crippen molar-refractivity contribution in [1.82, 2.24) is 0 Å². The Bertz CT molecular complexity index is 424. The van der Waals surface area contributed by atoms with Gasteiger partial charge in [-0.25, -0.2) is 0 Å². The molecule has 1 unspecified atom stereocenters. The summed E-state index contributed by atoms with van der Waals surface area (Å²) in [6, 6.07) is 0. The molecular weight excluding hydrogens is 391 g/mol. The molecule has 0 aromatic rings. The predicted octanol–water partition coefficient (Wildman–Crippen LogP) is 5.98. The molecule has 0 saturated carbocycles. The lowest BCUT2D eigenvalue weighted by molar-refractivity contribution is -0.147. The number of rotatable bonds is 21. The summed E-state index contributed by atoms with van der Waals surface area (Å²) in [7, 11) is -2.82. The molecule has 0 bridgehead atoms. The molecule has 0 rings (SSSR count). The molecule has 0 aliphatic rings. The van der Waals surface area contributed by atoms with Crippen LogP contribution in [-0.2, 0) is 18.8 Å². The Labute approximate surface area is 178 Å². The lowest BCUT2D eigenvalue weighted by atomic mass is 10.0. The van der Waals surface area contributed by atoms with Gasteiger partial charge in [0.15, 0.2) is 0 Å². The van der Waals surface area contributed by atoms with Crippen LogP contribution in [0.25, 0.3) is 0 Å². The summed E-state index contributed by atoms with van der Waals surface area (Å²) < 4.78 is 20.9. The van der Waals surface area contributed by atoms with E-state index in [1.54, 1.807) is 0 Å². The second kappa shape index (κ2) is 19.5. The van der Waals surface area contributed by atoms with Gasteiger partial charge in [-0.15, -0.1) is 0 Å². The molecule has 174 valence electrons. The van der Waals surface area contributed by atoms with Gasteiger partial charge in [0.05, 0.1) is 6.16 Å². The third-order valence-corrected chi connectivity index (χ3v) is 6.07. The number of ether oxygens (including phenoxy) is 2. The van der Waals surface area contributed by atoms with E-state index in [-0.39, 0.29) is 12.6 Å². The highest BCUT2D eigenvalue weighted by atomic mass is 31.2. The fourth-order valence-corrected chi connectivity index (χ4v) is 4.14. The van der Waals surface area contributed by atoms with Gasteiger partial charge in [-0.3, -0.25) is 9.36 Å². The van der Waals surface area contributed by atoms with Gasteiger partial charge < -0.3 is 19.3 Å². The molecule has 0 saturated heterocycles. The largest absolute Gasteiger partial charge is 0.463 e. The zero-order valence-corrected chi connectivity index (χ0v) is 19.7. The van der Waals surface area contributed by atoms with Crippen LogP contribution in [0.2, 0.25) is 0 Å². The second-order valence-electron chi connectivity index (χ2n) is 8.09. The summed E-state index contributed by atoms with van der Waals surface area (Å²) in [4.78, 5) is 29.5. The van der Waals surface area contributed by atoms with E-state index in [4.69, 9.17) is 19.3 Å². The maximum Gasteiger partial charge on any atom is 0.328 e. The van der Waals surface area contributed by atoms with Crippen LogP contribution < -0.4 is 0 Å². The standard InChI is InChI=1S/C22H45O6P/c1-3-4-5-6-7-8-9-10-11-12-13-14-15-16-17-18-22(23)28-19-21(27-2)20-29(24,25)26/h21H,3-20H2,1-2H3,(H2,24,25,26). The first-order valence-electron chi connectivity index (χ1n) is 11.6. The predicted molar refractivity (Wildman–Crippen MR) is 118 cm³/mol. The van der Waals surface area contributed by atoms with Crippen molar-refractivity contribution in [3.05, 3.63) is 0 Å². The van der Waals surface area contributed by atoms with Gasteiger partial charge in [0.25, 0.3) is 0 Å². The van der Waals surface area contributed by atoms with Crippen molar-refractivity contribution < 1.29 is 28.6 Å².